The van der Waals surface area contributed by atoms with Crippen LogP contribution < -0.4 is 0 Å². The lowest BCUT2D eigenvalue weighted by Gasteiger charge is -2.06. The first-order valence-electron chi connectivity index (χ1n) is 8.63. The van der Waals surface area contributed by atoms with E-state index in [2.05, 4.69) is 20.2 Å². The Labute approximate surface area is 160 Å². The second-order valence-corrected chi connectivity index (χ2v) is 7.43. The summed E-state index contributed by atoms with van der Waals surface area (Å²) in [7, 11) is 0. The van der Waals surface area contributed by atoms with Crippen LogP contribution in [0.1, 0.15) is 28.7 Å². The van der Waals surface area contributed by atoms with E-state index in [9.17, 15) is 4.79 Å². The number of nitrogens with zero attached hydrogens (tertiary/aromatic N) is 2. The molecule has 4 aromatic rings. The zero-order valence-corrected chi connectivity index (χ0v) is 15.5. The van der Waals surface area contributed by atoms with Gasteiger partial charge in [-0.25, -0.2) is 4.98 Å². The molecule has 2 N–H and O–H groups in total. The summed E-state index contributed by atoms with van der Waals surface area (Å²) in [5, 5.41) is 8.32. The Kier molecular flexibility index (Phi) is 4.89. The number of aromatic nitrogens is 4. The molecule has 0 saturated heterocycles. The molecule has 0 aliphatic heterocycles. The lowest BCUT2D eigenvalue weighted by Crippen LogP contribution is -2.13. The number of benzene rings is 2. The van der Waals surface area contributed by atoms with Gasteiger partial charge in [0.15, 0.2) is 5.78 Å². The lowest BCUT2D eigenvalue weighted by molar-refractivity contribution is 0.0995. The summed E-state index contributed by atoms with van der Waals surface area (Å²) in [6, 6.07) is 17.8. The van der Waals surface area contributed by atoms with Crippen molar-refractivity contribution in [2.45, 2.75) is 17.3 Å². The van der Waals surface area contributed by atoms with Crippen molar-refractivity contribution in [3.8, 4) is 0 Å². The number of rotatable bonds is 6. The molecular formula is C21H18N4OS. The van der Waals surface area contributed by atoms with Crippen LogP contribution in [0, 0.1) is 0 Å². The predicted octanol–water partition coefficient (Wildman–Crippen LogP) is 4.82. The molecule has 0 spiro atoms. The summed E-state index contributed by atoms with van der Waals surface area (Å²) in [6.45, 7) is 1.88. The molecule has 1 atom stereocenters. The van der Waals surface area contributed by atoms with E-state index in [1.54, 1.807) is 6.20 Å². The van der Waals surface area contributed by atoms with E-state index < -0.39 is 0 Å². The number of ketones is 1. The van der Waals surface area contributed by atoms with Crippen LogP contribution in [-0.4, -0.2) is 31.2 Å². The molecule has 6 heteroatoms. The Morgan fingerprint density at radius 3 is 2.70 bits per heavy atom. The minimum Gasteiger partial charge on any atom is -0.360 e. The van der Waals surface area contributed by atoms with Gasteiger partial charge in [0.2, 0.25) is 5.16 Å². The normalized spacial score (nSPS) is 12.6. The highest BCUT2D eigenvalue weighted by atomic mass is 32.2. The van der Waals surface area contributed by atoms with Crippen LogP contribution in [0.3, 0.4) is 0 Å². The van der Waals surface area contributed by atoms with Gasteiger partial charge in [-0.3, -0.25) is 9.89 Å². The van der Waals surface area contributed by atoms with E-state index in [4.69, 9.17) is 0 Å². The maximum atomic E-state index is 12.8. The zero-order valence-electron chi connectivity index (χ0n) is 14.7. The van der Waals surface area contributed by atoms with E-state index in [-0.39, 0.29) is 11.0 Å². The molecule has 4 rings (SSSR count). The van der Waals surface area contributed by atoms with Crippen LogP contribution in [0.15, 0.2) is 66.0 Å². The molecule has 0 bridgehead atoms. The van der Waals surface area contributed by atoms with E-state index >= 15 is 0 Å². The Hall–Kier alpha value is -3.12. The van der Waals surface area contributed by atoms with Crippen molar-refractivity contribution in [3.05, 3.63) is 77.7 Å². The van der Waals surface area contributed by atoms with E-state index in [0.29, 0.717) is 16.5 Å². The average Bonchev–Trinajstić information content (AvgIpc) is 3.33. The molecule has 1 unspecified atom stereocenters. The lowest BCUT2D eigenvalue weighted by atomic mass is 10.1. The highest BCUT2D eigenvalue weighted by Gasteiger charge is 2.21. The first kappa shape index (κ1) is 17.3. The molecule has 2 aromatic carbocycles. The van der Waals surface area contributed by atoms with Crippen LogP contribution in [0.25, 0.3) is 23.1 Å². The van der Waals surface area contributed by atoms with Gasteiger partial charge in [-0.1, -0.05) is 66.4 Å². The van der Waals surface area contributed by atoms with Crippen molar-refractivity contribution in [3.63, 3.8) is 0 Å². The topological polar surface area (TPSA) is 74.4 Å². The Morgan fingerprint density at radius 1 is 1.07 bits per heavy atom. The number of hydrogen-bond acceptors (Lipinski definition) is 4. The zero-order chi connectivity index (χ0) is 18.6. The Balaban J connectivity index is 1.45. The van der Waals surface area contributed by atoms with Crippen molar-refractivity contribution < 1.29 is 4.79 Å². The minimum absolute atomic E-state index is 0.0589. The van der Waals surface area contributed by atoms with Gasteiger partial charge in [-0.2, -0.15) is 0 Å². The monoisotopic (exact) mass is 374 g/mol. The van der Waals surface area contributed by atoms with Gasteiger partial charge >= 0.3 is 0 Å². The minimum atomic E-state index is -0.286. The first-order valence-corrected chi connectivity index (χ1v) is 9.51. The summed E-state index contributed by atoms with van der Waals surface area (Å²) in [5.41, 5.74) is 2.75. The van der Waals surface area contributed by atoms with Gasteiger partial charge in [0.05, 0.1) is 5.25 Å². The van der Waals surface area contributed by atoms with Crippen molar-refractivity contribution in [2.24, 2.45) is 0 Å². The number of thioether (sulfide) groups is 1. The van der Waals surface area contributed by atoms with Crippen molar-refractivity contribution in [1.82, 2.24) is 20.2 Å². The SMILES string of the molecule is CC(Sc1n[nH]c(/C=C/c2ccccc2)n1)C(=O)c1c[nH]c2ccccc12. The quantitative estimate of drug-likeness (QED) is 0.375. The average molecular weight is 374 g/mol. The van der Waals surface area contributed by atoms with Crippen LogP contribution in [0.4, 0.5) is 0 Å². The summed E-state index contributed by atoms with van der Waals surface area (Å²) in [5.74, 6) is 0.719. The van der Waals surface area contributed by atoms with Gasteiger partial charge in [0.25, 0.3) is 0 Å². The molecule has 0 aliphatic rings. The molecular weight excluding hydrogens is 356 g/mol. The molecule has 0 amide bonds. The molecule has 0 fully saturated rings. The van der Waals surface area contributed by atoms with E-state index in [1.165, 1.54) is 11.8 Å². The van der Waals surface area contributed by atoms with E-state index in [0.717, 1.165) is 16.5 Å². The second kappa shape index (κ2) is 7.63. The molecule has 2 aromatic heterocycles. The summed E-state index contributed by atoms with van der Waals surface area (Å²) in [6.07, 6.45) is 5.62. The Morgan fingerprint density at radius 2 is 1.85 bits per heavy atom. The fourth-order valence-electron chi connectivity index (χ4n) is 2.83. The smallest absolute Gasteiger partial charge is 0.209 e. The fourth-order valence-corrected chi connectivity index (χ4v) is 3.63. The maximum Gasteiger partial charge on any atom is 0.209 e. The summed E-state index contributed by atoms with van der Waals surface area (Å²) in [4.78, 5) is 20.4. The van der Waals surface area contributed by atoms with Crippen LogP contribution >= 0.6 is 11.8 Å². The highest BCUT2D eigenvalue weighted by molar-refractivity contribution is 8.00. The molecule has 5 nitrogen and oxygen atoms in total. The van der Waals surface area contributed by atoms with Crippen molar-refractivity contribution >= 4 is 40.6 Å². The van der Waals surface area contributed by atoms with Crippen LogP contribution in [0.2, 0.25) is 0 Å². The standard InChI is InChI=1S/C21H18N4OS/c1-14(20(26)17-13-22-18-10-6-5-9-16(17)18)27-21-23-19(24-25-21)12-11-15-7-3-2-4-8-15/h2-14,22H,1H3,(H,23,24,25)/b12-11+. The first-order chi connectivity index (χ1) is 13.2. The number of hydrogen-bond donors (Lipinski definition) is 2. The number of nitrogens with one attached hydrogen (secondary N) is 2. The van der Waals surface area contributed by atoms with Gasteiger partial charge in [-0.05, 0) is 24.6 Å². The van der Waals surface area contributed by atoms with Gasteiger partial charge in [-0.15, -0.1) is 5.10 Å². The highest BCUT2D eigenvalue weighted by Crippen LogP contribution is 2.26. The van der Waals surface area contributed by atoms with E-state index in [1.807, 2.05) is 73.7 Å². The largest absolute Gasteiger partial charge is 0.360 e. The van der Waals surface area contributed by atoms with Crippen LogP contribution in [0.5, 0.6) is 0 Å². The van der Waals surface area contributed by atoms with Crippen LogP contribution in [-0.2, 0) is 0 Å². The second-order valence-electron chi connectivity index (χ2n) is 6.12. The third kappa shape index (κ3) is 3.85. The molecule has 134 valence electrons. The number of aromatic amines is 2. The number of carbonyl (C=O) groups is 1. The number of fused-ring (bicyclic) bond motifs is 1. The number of Topliss-reactive ketones (excluding diaryl/α,β-unsaturated/α-hetero) is 1. The third-order valence-corrected chi connectivity index (χ3v) is 5.18. The maximum absolute atomic E-state index is 12.8. The predicted molar refractivity (Wildman–Crippen MR) is 110 cm³/mol. The summed E-state index contributed by atoms with van der Waals surface area (Å²) >= 11 is 1.35. The fraction of sp³-hybridized carbons (Fsp3) is 0.0952. The van der Waals surface area contributed by atoms with Crippen molar-refractivity contribution in [2.75, 3.05) is 0 Å². The molecule has 0 saturated carbocycles. The van der Waals surface area contributed by atoms with Gasteiger partial charge in [0.1, 0.15) is 5.82 Å². The molecule has 0 aliphatic carbocycles. The molecule has 2 heterocycles. The number of H-pyrrole nitrogens is 2. The molecule has 0 radical (unpaired) electrons. The van der Waals surface area contributed by atoms with Crippen molar-refractivity contribution in [1.29, 1.82) is 0 Å². The van der Waals surface area contributed by atoms with Gasteiger partial charge < -0.3 is 4.98 Å². The number of carbonyl (C=O) groups excluding carboxylic acids is 1. The third-order valence-electron chi connectivity index (χ3n) is 4.22. The number of para-hydroxylation sites is 1. The molecule has 27 heavy (non-hydrogen) atoms. The Bertz CT molecular complexity index is 1100. The summed E-state index contributed by atoms with van der Waals surface area (Å²) < 4.78 is 0. The van der Waals surface area contributed by atoms with Gasteiger partial charge in [0, 0.05) is 22.7 Å².